The molecule has 1 aliphatic rings. The molecule has 0 aromatic heterocycles. The third-order valence-electron chi connectivity index (χ3n) is 3.88. The molecule has 0 aliphatic carbocycles. The molecule has 1 fully saturated rings. The minimum Gasteiger partial charge on any atom is -0.399 e. The molecule has 1 heterocycles. The maximum atomic E-state index is 6.03. The van der Waals surface area contributed by atoms with Gasteiger partial charge in [-0.15, -0.1) is 0 Å². The molecule has 2 rings (SSSR count). The van der Waals surface area contributed by atoms with Crippen LogP contribution >= 0.6 is 0 Å². The van der Waals surface area contributed by atoms with Crippen molar-refractivity contribution in [3.05, 3.63) is 24.3 Å². The monoisotopic (exact) mass is 265 g/mol. The van der Waals surface area contributed by atoms with E-state index in [0.29, 0.717) is 10.9 Å². The van der Waals surface area contributed by atoms with Gasteiger partial charge in [-0.3, -0.25) is 0 Å². The van der Waals surface area contributed by atoms with Crippen molar-refractivity contribution in [3.8, 4) is 0 Å². The Bertz CT molecular complexity index is 410. The molecule has 0 amide bonds. The number of hydrogen-bond acceptors (Lipinski definition) is 2. The van der Waals surface area contributed by atoms with Gasteiger partial charge in [-0.1, -0.05) is 12.1 Å². The molecule has 0 saturated carbocycles. The van der Waals surface area contributed by atoms with E-state index in [9.17, 15) is 0 Å². The molecule has 0 bridgehead atoms. The van der Waals surface area contributed by atoms with Crippen LogP contribution in [0.15, 0.2) is 29.2 Å². The van der Waals surface area contributed by atoms with Crippen LogP contribution in [0.1, 0.15) is 27.7 Å². The third-order valence-corrected chi connectivity index (χ3v) is 5.09. The SMILES string of the molecule is C[S+](C)c1ccc(B2OC(C)(C)C(C)(C)O2)cc1. The highest BCUT2D eigenvalue weighted by atomic mass is 32.2. The van der Waals surface area contributed by atoms with Crippen molar-refractivity contribution in [3.63, 3.8) is 0 Å². The van der Waals surface area contributed by atoms with Crippen LogP contribution in [0, 0.1) is 0 Å². The van der Waals surface area contributed by atoms with E-state index in [4.69, 9.17) is 9.31 Å². The molecule has 18 heavy (non-hydrogen) atoms. The van der Waals surface area contributed by atoms with Gasteiger partial charge in [0.1, 0.15) is 12.5 Å². The molecule has 0 radical (unpaired) electrons. The zero-order chi connectivity index (χ0) is 13.6. The Kier molecular flexibility index (Phi) is 3.56. The quantitative estimate of drug-likeness (QED) is 0.603. The average Bonchev–Trinajstić information content (AvgIpc) is 2.48. The van der Waals surface area contributed by atoms with E-state index in [1.165, 1.54) is 4.90 Å². The van der Waals surface area contributed by atoms with Gasteiger partial charge in [0.25, 0.3) is 0 Å². The molecule has 4 heteroatoms. The number of benzene rings is 1. The molecule has 1 saturated heterocycles. The van der Waals surface area contributed by atoms with Crippen molar-refractivity contribution in [2.24, 2.45) is 0 Å². The Labute approximate surface area is 114 Å². The lowest BCUT2D eigenvalue weighted by molar-refractivity contribution is 0.00578. The Morgan fingerprint density at radius 3 is 1.72 bits per heavy atom. The lowest BCUT2D eigenvalue weighted by Gasteiger charge is -2.32. The summed E-state index contributed by atoms with van der Waals surface area (Å²) in [4.78, 5) is 1.37. The highest BCUT2D eigenvalue weighted by Gasteiger charge is 2.51. The van der Waals surface area contributed by atoms with Crippen LogP contribution in [-0.4, -0.2) is 30.8 Å². The Hall–Kier alpha value is -0.445. The van der Waals surface area contributed by atoms with Gasteiger partial charge in [-0.25, -0.2) is 0 Å². The largest absolute Gasteiger partial charge is 0.494 e. The van der Waals surface area contributed by atoms with Gasteiger partial charge in [-0.05, 0) is 45.3 Å². The first-order chi connectivity index (χ1) is 8.23. The molecule has 0 unspecified atom stereocenters. The molecule has 98 valence electrons. The summed E-state index contributed by atoms with van der Waals surface area (Å²) in [5.74, 6) is 0. The third kappa shape index (κ3) is 2.47. The fourth-order valence-electron chi connectivity index (χ4n) is 1.88. The number of rotatable bonds is 2. The van der Waals surface area contributed by atoms with E-state index < -0.39 is 0 Å². The minimum absolute atomic E-state index is 0.250. The summed E-state index contributed by atoms with van der Waals surface area (Å²) >= 11 is 0. The normalized spacial score (nSPS) is 21.6. The average molecular weight is 265 g/mol. The first-order valence-corrected chi connectivity index (χ1v) is 8.30. The fraction of sp³-hybridized carbons (Fsp3) is 0.571. The van der Waals surface area contributed by atoms with Crippen molar-refractivity contribution in [2.75, 3.05) is 12.5 Å². The predicted octanol–water partition coefficient (Wildman–Crippen LogP) is 2.22. The molecule has 1 aromatic rings. The van der Waals surface area contributed by atoms with Gasteiger partial charge in [-0.2, -0.15) is 0 Å². The van der Waals surface area contributed by atoms with Gasteiger partial charge in [0.2, 0.25) is 0 Å². The van der Waals surface area contributed by atoms with Crippen LogP contribution in [0.2, 0.25) is 0 Å². The standard InChI is InChI=1S/C14H22BO2S/c1-13(2)14(3,4)17-15(16-13)11-7-9-12(10-8-11)18(5)6/h7-10H,1-6H3/q+1. The fourth-order valence-corrected chi connectivity index (χ4v) is 2.56. The molecular formula is C14H22BO2S+. The lowest BCUT2D eigenvalue weighted by atomic mass is 9.79. The summed E-state index contributed by atoms with van der Waals surface area (Å²) in [5, 5.41) is 0. The van der Waals surface area contributed by atoms with Gasteiger partial charge < -0.3 is 9.31 Å². The van der Waals surface area contributed by atoms with Crippen molar-refractivity contribution in [1.82, 2.24) is 0 Å². The van der Waals surface area contributed by atoms with Crippen molar-refractivity contribution in [2.45, 2.75) is 43.8 Å². The summed E-state index contributed by atoms with van der Waals surface area (Å²) in [6.45, 7) is 8.32. The van der Waals surface area contributed by atoms with Crippen LogP contribution in [0.5, 0.6) is 0 Å². The predicted molar refractivity (Wildman–Crippen MR) is 79.6 cm³/mol. The molecule has 1 aromatic carbocycles. The van der Waals surface area contributed by atoms with Gasteiger partial charge in [0, 0.05) is 10.9 Å². The first kappa shape index (κ1) is 14.0. The van der Waals surface area contributed by atoms with Crippen LogP contribution < -0.4 is 5.46 Å². The van der Waals surface area contributed by atoms with Gasteiger partial charge >= 0.3 is 7.12 Å². The lowest BCUT2D eigenvalue weighted by Crippen LogP contribution is -2.41. The number of hydrogen-bond donors (Lipinski definition) is 0. The second kappa shape index (κ2) is 4.59. The zero-order valence-electron chi connectivity index (χ0n) is 12.1. The van der Waals surface area contributed by atoms with E-state index in [1.807, 2.05) is 0 Å². The highest BCUT2D eigenvalue weighted by molar-refractivity contribution is 7.95. The molecule has 1 aliphatic heterocycles. The summed E-state index contributed by atoms with van der Waals surface area (Å²) in [6.07, 6.45) is 4.45. The van der Waals surface area contributed by atoms with Crippen LogP contribution in [-0.2, 0) is 20.2 Å². The second-order valence-electron chi connectivity index (χ2n) is 5.97. The topological polar surface area (TPSA) is 18.5 Å². The molecule has 0 spiro atoms. The summed E-state index contributed by atoms with van der Waals surface area (Å²) in [7, 11) is 0.0486. The molecule has 0 N–H and O–H groups in total. The second-order valence-corrected chi connectivity index (χ2v) is 8.08. The van der Waals surface area contributed by atoms with E-state index in [1.54, 1.807) is 0 Å². The smallest absolute Gasteiger partial charge is 0.399 e. The molecule has 0 atom stereocenters. The van der Waals surface area contributed by atoms with Crippen molar-refractivity contribution in [1.29, 1.82) is 0 Å². The Morgan fingerprint density at radius 1 is 0.889 bits per heavy atom. The summed E-state index contributed by atoms with van der Waals surface area (Å²) in [6, 6.07) is 8.57. The maximum Gasteiger partial charge on any atom is 0.494 e. The van der Waals surface area contributed by atoms with E-state index in [-0.39, 0.29) is 18.3 Å². The van der Waals surface area contributed by atoms with Crippen molar-refractivity contribution < 1.29 is 9.31 Å². The molecule has 2 nitrogen and oxygen atoms in total. The van der Waals surface area contributed by atoms with Crippen LogP contribution in [0.3, 0.4) is 0 Å². The van der Waals surface area contributed by atoms with Crippen molar-refractivity contribution >= 4 is 23.5 Å². The van der Waals surface area contributed by atoms with Gasteiger partial charge in [0.05, 0.1) is 11.2 Å². The van der Waals surface area contributed by atoms with E-state index in [0.717, 1.165) is 5.46 Å². The van der Waals surface area contributed by atoms with E-state index >= 15 is 0 Å². The van der Waals surface area contributed by atoms with Crippen LogP contribution in [0.4, 0.5) is 0 Å². The first-order valence-electron chi connectivity index (χ1n) is 6.26. The zero-order valence-corrected chi connectivity index (χ0v) is 12.9. The Balaban J connectivity index is 2.19. The summed E-state index contributed by atoms with van der Waals surface area (Å²) < 4.78 is 12.1. The molecular weight excluding hydrogens is 243 g/mol. The highest BCUT2D eigenvalue weighted by Crippen LogP contribution is 2.36. The maximum absolute atomic E-state index is 6.03. The van der Waals surface area contributed by atoms with Gasteiger partial charge in [0.15, 0.2) is 4.90 Å². The minimum atomic E-state index is -0.268. The Morgan fingerprint density at radius 2 is 1.33 bits per heavy atom. The van der Waals surface area contributed by atoms with E-state index in [2.05, 4.69) is 64.5 Å². The van der Waals surface area contributed by atoms with Crippen LogP contribution in [0.25, 0.3) is 0 Å². The summed E-state index contributed by atoms with van der Waals surface area (Å²) in [5.41, 5.74) is 0.564.